The maximum Gasteiger partial charge on any atom is 0.266 e. The summed E-state index contributed by atoms with van der Waals surface area (Å²) in [5.74, 6) is -1.01. The standard InChI is InChI=1S/C25H27F3N4O5S/c1-14(16-4-3-5-17(20(16)26)21(27)28)31-22-18-10-19(24(33)32(2)23(18)30-13-29-22)25(37-15-11-36-12-15)6-8-38(34,35)9-7-25/h3-5,10,13-15,21H,6-9,11-12H2,1-2H3,(H,29,30,31)/t14-/m1/s1. The van der Waals surface area contributed by atoms with E-state index in [0.29, 0.717) is 18.6 Å². The molecule has 0 spiro atoms. The highest BCUT2D eigenvalue weighted by atomic mass is 32.2. The lowest BCUT2D eigenvalue weighted by Crippen LogP contribution is -2.50. The molecule has 1 aromatic carbocycles. The van der Waals surface area contributed by atoms with Gasteiger partial charge in [0.1, 0.15) is 35.3 Å². The van der Waals surface area contributed by atoms with Crippen molar-refractivity contribution in [3.05, 3.63) is 63.5 Å². The molecule has 3 aromatic rings. The number of alkyl halides is 2. The molecule has 1 atom stereocenters. The first-order valence-electron chi connectivity index (χ1n) is 12.2. The van der Waals surface area contributed by atoms with Crippen LogP contribution in [0.4, 0.5) is 19.0 Å². The highest BCUT2D eigenvalue weighted by molar-refractivity contribution is 7.91. The van der Waals surface area contributed by atoms with Crippen LogP contribution >= 0.6 is 0 Å². The van der Waals surface area contributed by atoms with E-state index >= 15 is 0 Å². The molecule has 2 saturated heterocycles. The fourth-order valence-electron chi connectivity index (χ4n) is 4.98. The minimum atomic E-state index is -3.27. The molecule has 9 nitrogen and oxygen atoms in total. The molecule has 13 heteroatoms. The number of aryl methyl sites for hydroxylation is 1. The van der Waals surface area contributed by atoms with Gasteiger partial charge in [-0.05, 0) is 25.8 Å². The van der Waals surface area contributed by atoms with Crippen molar-refractivity contribution in [2.45, 2.75) is 43.9 Å². The zero-order valence-corrected chi connectivity index (χ0v) is 21.6. The Morgan fingerprint density at radius 2 is 1.87 bits per heavy atom. The zero-order valence-electron chi connectivity index (χ0n) is 20.8. The maximum absolute atomic E-state index is 14.8. The molecular weight excluding hydrogens is 525 g/mol. The Morgan fingerprint density at radius 1 is 1.18 bits per heavy atom. The molecule has 0 amide bonds. The molecule has 0 bridgehead atoms. The minimum absolute atomic E-state index is 0.0295. The summed E-state index contributed by atoms with van der Waals surface area (Å²) in [6.45, 7) is 2.30. The van der Waals surface area contributed by atoms with Crippen molar-refractivity contribution >= 4 is 26.7 Å². The lowest BCUT2D eigenvalue weighted by Gasteiger charge is -2.42. The molecular formula is C25H27F3N4O5S. The van der Waals surface area contributed by atoms with Gasteiger partial charge < -0.3 is 14.8 Å². The van der Waals surface area contributed by atoms with E-state index in [1.807, 2.05) is 0 Å². The van der Waals surface area contributed by atoms with E-state index < -0.39 is 39.3 Å². The van der Waals surface area contributed by atoms with E-state index in [-0.39, 0.29) is 58.6 Å². The van der Waals surface area contributed by atoms with Crippen LogP contribution in [-0.2, 0) is 32.0 Å². The van der Waals surface area contributed by atoms with E-state index in [0.717, 1.165) is 6.07 Å². The van der Waals surface area contributed by atoms with Gasteiger partial charge in [0.25, 0.3) is 12.0 Å². The van der Waals surface area contributed by atoms with Crippen LogP contribution in [0.1, 0.15) is 48.9 Å². The van der Waals surface area contributed by atoms with Crippen molar-refractivity contribution in [1.82, 2.24) is 14.5 Å². The summed E-state index contributed by atoms with van der Waals surface area (Å²) in [6, 6.07) is 4.64. The molecule has 38 heavy (non-hydrogen) atoms. The van der Waals surface area contributed by atoms with Crippen molar-refractivity contribution in [2.24, 2.45) is 7.05 Å². The summed E-state index contributed by atoms with van der Waals surface area (Å²) in [5.41, 5.74) is -1.65. The van der Waals surface area contributed by atoms with Gasteiger partial charge in [0.15, 0.2) is 9.84 Å². The third kappa shape index (κ3) is 4.78. The Kier molecular flexibility index (Phi) is 6.95. The molecule has 0 radical (unpaired) electrons. The number of rotatable bonds is 7. The van der Waals surface area contributed by atoms with Crippen molar-refractivity contribution < 1.29 is 31.1 Å². The van der Waals surface area contributed by atoms with Crippen LogP contribution < -0.4 is 10.9 Å². The maximum atomic E-state index is 14.8. The summed E-state index contributed by atoms with van der Waals surface area (Å²) in [7, 11) is -1.72. The minimum Gasteiger partial charge on any atom is -0.376 e. The molecule has 204 valence electrons. The number of nitrogens with one attached hydrogen (secondary N) is 1. The Morgan fingerprint density at radius 3 is 2.50 bits per heavy atom. The molecule has 2 aliphatic rings. The van der Waals surface area contributed by atoms with Gasteiger partial charge in [-0.15, -0.1) is 0 Å². The first-order valence-corrected chi connectivity index (χ1v) is 14.0. The predicted molar refractivity (Wildman–Crippen MR) is 133 cm³/mol. The first kappa shape index (κ1) is 26.6. The fourth-order valence-corrected chi connectivity index (χ4v) is 6.47. The highest BCUT2D eigenvalue weighted by Gasteiger charge is 2.45. The second-order valence-corrected chi connectivity index (χ2v) is 12.0. The Hall–Kier alpha value is -3.03. The van der Waals surface area contributed by atoms with Gasteiger partial charge in [0.05, 0.1) is 47.3 Å². The molecule has 5 rings (SSSR count). The average molecular weight is 553 g/mol. The number of hydrogen-bond acceptors (Lipinski definition) is 8. The number of pyridine rings is 1. The number of nitrogens with zero attached hydrogens (tertiary/aromatic N) is 3. The summed E-state index contributed by atoms with van der Waals surface area (Å²) in [5, 5.41) is 3.49. The number of aromatic nitrogens is 3. The Bertz CT molecular complexity index is 1530. The summed E-state index contributed by atoms with van der Waals surface area (Å²) in [4.78, 5) is 22.1. The van der Waals surface area contributed by atoms with Gasteiger partial charge in [-0.2, -0.15) is 0 Å². The molecule has 2 aromatic heterocycles. The van der Waals surface area contributed by atoms with Crippen LogP contribution in [0.2, 0.25) is 0 Å². The topological polar surface area (TPSA) is 112 Å². The summed E-state index contributed by atoms with van der Waals surface area (Å²) >= 11 is 0. The molecule has 0 saturated carbocycles. The van der Waals surface area contributed by atoms with Crippen LogP contribution in [0.3, 0.4) is 0 Å². The van der Waals surface area contributed by atoms with Gasteiger partial charge in [0.2, 0.25) is 0 Å². The van der Waals surface area contributed by atoms with Crippen LogP contribution in [0.25, 0.3) is 11.0 Å². The zero-order chi connectivity index (χ0) is 27.2. The molecule has 4 heterocycles. The van der Waals surface area contributed by atoms with E-state index in [1.165, 1.54) is 23.0 Å². The SMILES string of the molecule is C[C@@H](Nc1ncnc2c1cc(C1(OC3COC3)CCS(=O)(=O)CC1)c(=O)n2C)c1cccc(C(F)F)c1F. The molecule has 0 unspecified atom stereocenters. The number of halogens is 3. The van der Waals surface area contributed by atoms with Crippen LogP contribution in [0.5, 0.6) is 0 Å². The van der Waals surface area contributed by atoms with Gasteiger partial charge >= 0.3 is 0 Å². The van der Waals surface area contributed by atoms with Crippen LogP contribution in [0.15, 0.2) is 35.4 Å². The van der Waals surface area contributed by atoms with Crippen molar-refractivity contribution in [3.8, 4) is 0 Å². The monoisotopic (exact) mass is 552 g/mol. The summed E-state index contributed by atoms with van der Waals surface area (Å²) < 4.78 is 78.7. The number of fused-ring (bicyclic) bond motifs is 1. The van der Waals surface area contributed by atoms with E-state index in [2.05, 4.69) is 15.3 Å². The lowest BCUT2D eigenvalue weighted by molar-refractivity contribution is -0.200. The number of hydrogen-bond donors (Lipinski definition) is 1. The Balaban J connectivity index is 1.59. The molecule has 2 aliphatic heterocycles. The molecule has 0 aliphatic carbocycles. The Labute approximate surface area is 216 Å². The third-order valence-corrected chi connectivity index (χ3v) is 8.89. The van der Waals surface area contributed by atoms with Crippen molar-refractivity contribution in [2.75, 3.05) is 30.0 Å². The molecule has 2 fully saturated rings. The quantitative estimate of drug-likeness (QED) is 0.475. The smallest absolute Gasteiger partial charge is 0.266 e. The van der Waals surface area contributed by atoms with Gasteiger partial charge in [-0.25, -0.2) is 31.6 Å². The van der Waals surface area contributed by atoms with E-state index in [1.54, 1.807) is 20.0 Å². The average Bonchev–Trinajstić information content (AvgIpc) is 2.85. The number of anilines is 1. The van der Waals surface area contributed by atoms with Gasteiger partial charge in [-0.1, -0.05) is 18.2 Å². The number of benzene rings is 1. The predicted octanol–water partition coefficient (Wildman–Crippen LogP) is 3.40. The normalized spacial score (nSPS) is 19.8. The summed E-state index contributed by atoms with van der Waals surface area (Å²) in [6.07, 6.45) is -1.79. The number of sulfone groups is 1. The number of ether oxygens (including phenoxy) is 2. The third-order valence-electron chi connectivity index (χ3n) is 7.24. The fraction of sp³-hybridized carbons (Fsp3) is 0.480. The van der Waals surface area contributed by atoms with E-state index in [4.69, 9.17) is 9.47 Å². The van der Waals surface area contributed by atoms with Crippen LogP contribution in [-0.4, -0.2) is 53.8 Å². The van der Waals surface area contributed by atoms with Crippen molar-refractivity contribution in [3.63, 3.8) is 0 Å². The second-order valence-electron chi connectivity index (χ2n) is 9.72. The van der Waals surface area contributed by atoms with Crippen LogP contribution in [0, 0.1) is 5.82 Å². The first-order chi connectivity index (χ1) is 18.0. The molecule has 1 N–H and O–H groups in total. The van der Waals surface area contributed by atoms with Gasteiger partial charge in [0, 0.05) is 12.6 Å². The van der Waals surface area contributed by atoms with E-state index in [9.17, 15) is 26.4 Å². The second kappa shape index (κ2) is 9.93. The largest absolute Gasteiger partial charge is 0.376 e. The highest BCUT2D eigenvalue weighted by Crippen LogP contribution is 2.40. The van der Waals surface area contributed by atoms with Gasteiger partial charge in [-0.3, -0.25) is 9.36 Å². The lowest BCUT2D eigenvalue weighted by atomic mass is 9.87. The van der Waals surface area contributed by atoms with Crippen molar-refractivity contribution in [1.29, 1.82) is 0 Å².